The van der Waals surface area contributed by atoms with Crippen molar-refractivity contribution >= 4 is 33.6 Å². The second-order valence-corrected chi connectivity index (χ2v) is 5.96. The maximum atomic E-state index is 10.3. The van der Waals surface area contributed by atoms with Gasteiger partial charge < -0.3 is 44.6 Å². The summed E-state index contributed by atoms with van der Waals surface area (Å²) in [6, 6.07) is 0. The first-order valence-electron chi connectivity index (χ1n) is 4.65. The third-order valence-corrected chi connectivity index (χ3v) is 3.11. The van der Waals surface area contributed by atoms with Crippen molar-refractivity contribution in [3.63, 3.8) is 0 Å². The molecule has 0 saturated carbocycles. The molecule has 136 valence electrons. The molecule has 0 spiro atoms. The average Bonchev–Trinajstić information content (AvgIpc) is 2.08. The fourth-order valence-electron chi connectivity index (χ4n) is 0.840. The molecule has 0 heterocycles. The van der Waals surface area contributed by atoms with Crippen molar-refractivity contribution in [1.29, 1.82) is 0 Å². The van der Waals surface area contributed by atoms with Crippen LogP contribution in [0.3, 0.4) is 0 Å². The van der Waals surface area contributed by atoms with Crippen LogP contribution in [0.25, 0.3) is 0 Å². The fraction of sp³-hybridized carbons (Fsp3) is 0.500. The molecule has 0 aliphatic heterocycles. The van der Waals surface area contributed by atoms with Crippen LogP contribution in [0.5, 0.6) is 0 Å². The maximum absolute atomic E-state index is 10.3. The van der Waals surface area contributed by atoms with Crippen molar-refractivity contribution in [2.24, 2.45) is 0 Å². The van der Waals surface area contributed by atoms with Gasteiger partial charge in [-0.3, -0.25) is 18.5 Å². The summed E-state index contributed by atoms with van der Waals surface area (Å²) in [7, 11) is -11.0. The van der Waals surface area contributed by atoms with E-state index in [4.69, 9.17) is 25.3 Å². The van der Waals surface area contributed by atoms with Crippen molar-refractivity contribution in [2.75, 3.05) is 0 Å². The summed E-state index contributed by atoms with van der Waals surface area (Å²) in [6.07, 6.45) is -2.29. The Kier molecular flexibility index (Phi) is 17.6. The van der Waals surface area contributed by atoms with E-state index < -0.39 is 52.0 Å². The Balaban J connectivity index is -0.000000162. The molecule has 0 aliphatic rings. The Morgan fingerprint density at radius 1 is 0.958 bits per heavy atom. The van der Waals surface area contributed by atoms with E-state index in [1.165, 1.54) is 0 Å². The van der Waals surface area contributed by atoms with Crippen LogP contribution in [0.15, 0.2) is 0 Å². The third-order valence-electron chi connectivity index (χ3n) is 1.49. The summed E-state index contributed by atoms with van der Waals surface area (Å²) in [5.41, 5.74) is -2.74. The molecule has 18 heteroatoms. The van der Waals surface area contributed by atoms with E-state index >= 15 is 0 Å². The Morgan fingerprint density at radius 3 is 1.33 bits per heavy atom. The third kappa shape index (κ3) is 20.8. The number of hydrogen-bond donors (Lipinski definition) is 5. The molecule has 5 N–H and O–H groups in total. The van der Waals surface area contributed by atoms with Crippen LogP contribution in [0.1, 0.15) is 12.8 Å². The minimum atomic E-state index is -5.61. The van der Waals surface area contributed by atoms with Crippen LogP contribution in [0.4, 0.5) is 0 Å². The maximum Gasteiger partial charge on any atom is 2.00 e. The van der Waals surface area contributed by atoms with E-state index in [1.54, 1.807) is 0 Å². The average molecular weight is 462 g/mol. The molecule has 0 aromatic rings. The van der Waals surface area contributed by atoms with Gasteiger partial charge in [0.05, 0.1) is 20.7 Å². The zero-order chi connectivity index (χ0) is 18.4. The van der Waals surface area contributed by atoms with Crippen molar-refractivity contribution in [3.05, 3.63) is 0 Å². The molecule has 0 rings (SSSR count). The summed E-state index contributed by atoms with van der Waals surface area (Å²) in [4.78, 5) is 66.2. The normalized spacial score (nSPS) is 13.0. The van der Waals surface area contributed by atoms with Crippen molar-refractivity contribution in [3.8, 4) is 0 Å². The molecule has 14 nitrogen and oxygen atoms in total. The molecule has 1 unspecified atom stereocenters. The van der Waals surface area contributed by atoms with Gasteiger partial charge in [0.1, 0.15) is 0 Å². The number of carboxylic acid groups (broad SMARTS) is 3. The first kappa shape index (κ1) is 32.5. The Morgan fingerprint density at radius 2 is 1.25 bits per heavy atom. The molecule has 0 aromatic carbocycles. The molecule has 0 aliphatic carbocycles. The van der Waals surface area contributed by atoms with Crippen LogP contribution in [-0.4, -0.2) is 48.8 Å². The van der Waals surface area contributed by atoms with Gasteiger partial charge in [-0.05, 0) is 0 Å². The quantitative estimate of drug-likeness (QED) is 0.174. The van der Waals surface area contributed by atoms with E-state index in [-0.39, 0.29) is 68.5 Å². The van der Waals surface area contributed by atoms with Gasteiger partial charge in [0, 0.05) is 0 Å². The van der Waals surface area contributed by atoms with Crippen LogP contribution < -0.4 is 66.1 Å². The molecule has 1 atom stereocenters. The molecule has 0 saturated heterocycles. The van der Waals surface area contributed by atoms with Crippen molar-refractivity contribution < 1.29 is 136 Å². The predicted molar refractivity (Wildman–Crippen MR) is 55.6 cm³/mol. The standard InChI is InChI=1S/C6H8O7.Fe.K.H4O7P2/c7-3(8)1-6(13,5(11)12)2-4(9)10;;;1-8(2,3)7-9(4,5)6/h13H,1-2H2,(H,7,8)(H,9,10)(H,11,12);;;(H2,1,2,3)(H2,4,5,6)/q;+2;+1;/p-3. The monoisotopic (exact) mass is 462 g/mol. The number of hydrogen-bond acceptors (Lipinski definition) is 10. The van der Waals surface area contributed by atoms with Gasteiger partial charge >= 0.3 is 86.4 Å². The van der Waals surface area contributed by atoms with Crippen LogP contribution in [0, 0.1) is 0 Å². The first-order valence-corrected chi connectivity index (χ1v) is 7.61. The summed E-state index contributed by atoms with van der Waals surface area (Å²) in [5.74, 6) is -5.02. The number of carboxylic acids is 3. The molecular weight excluding hydrogens is 453 g/mol. The summed E-state index contributed by atoms with van der Waals surface area (Å²) in [6.45, 7) is 0. The Hall–Kier alpha value is 0.786. The molecular formula is C6H9FeKO14P2. The van der Waals surface area contributed by atoms with E-state index in [9.17, 15) is 38.2 Å². The summed E-state index contributed by atoms with van der Waals surface area (Å²) >= 11 is 0. The van der Waals surface area contributed by atoms with Crippen LogP contribution in [0.2, 0.25) is 0 Å². The second-order valence-electron chi connectivity index (χ2n) is 3.48. The molecule has 0 aromatic heterocycles. The predicted octanol–water partition coefficient (Wildman–Crippen LogP) is -6.95. The van der Waals surface area contributed by atoms with E-state index in [0.717, 1.165) is 0 Å². The second kappa shape index (κ2) is 13.0. The minimum absolute atomic E-state index is 0. The zero-order valence-corrected chi connectivity index (χ0v) is 17.6. The molecule has 24 heavy (non-hydrogen) atoms. The Labute approximate surface area is 186 Å². The van der Waals surface area contributed by atoms with Crippen LogP contribution in [-0.2, 0) is 44.9 Å². The fourth-order valence-corrected chi connectivity index (χ4v) is 1.85. The topological polar surface area (TPSA) is 265 Å². The first-order chi connectivity index (χ1) is 9.48. The number of rotatable bonds is 7. The van der Waals surface area contributed by atoms with Crippen molar-refractivity contribution in [1.82, 2.24) is 0 Å². The smallest absolute Gasteiger partial charge is 0.790 e. The molecule has 0 fully saturated rings. The van der Waals surface area contributed by atoms with Gasteiger partial charge in [-0.2, -0.15) is 0 Å². The number of aliphatic hydroxyl groups is 1. The number of aliphatic carboxylic acids is 3. The Bertz CT molecular complexity index is 487. The summed E-state index contributed by atoms with van der Waals surface area (Å²) < 4.78 is 21.4. The largest absolute Gasteiger partial charge is 2.00 e. The van der Waals surface area contributed by atoms with Crippen LogP contribution >= 0.6 is 15.6 Å². The van der Waals surface area contributed by atoms with Gasteiger partial charge in [-0.15, -0.1) is 0 Å². The van der Waals surface area contributed by atoms with Gasteiger partial charge in [-0.25, -0.2) is 4.79 Å². The van der Waals surface area contributed by atoms with Gasteiger partial charge in [0.2, 0.25) is 0 Å². The summed E-state index contributed by atoms with van der Waals surface area (Å²) in [5, 5.41) is 33.8. The number of phosphoric acid groups is 2. The minimum Gasteiger partial charge on any atom is -0.790 e. The van der Waals surface area contributed by atoms with Gasteiger partial charge in [-0.1, -0.05) is 0 Å². The zero-order valence-electron chi connectivity index (χ0n) is 11.6. The van der Waals surface area contributed by atoms with E-state index in [0.29, 0.717) is 0 Å². The molecule has 0 radical (unpaired) electrons. The molecule has 0 bridgehead atoms. The van der Waals surface area contributed by atoms with Gasteiger partial charge in [0.25, 0.3) is 7.82 Å². The van der Waals surface area contributed by atoms with E-state index in [1.807, 2.05) is 0 Å². The SMILES string of the molecule is O=C(O)CC(O)(CC(=O)O)C(=O)O.O=P([O-])([O-])OP(=O)([O-])O.[Fe+2].[K+]. The van der Waals surface area contributed by atoms with Gasteiger partial charge in [0.15, 0.2) is 5.60 Å². The number of carbonyl (C=O) groups is 3. The van der Waals surface area contributed by atoms with E-state index in [2.05, 4.69) is 4.31 Å². The molecule has 0 amide bonds. The van der Waals surface area contributed by atoms with Crippen molar-refractivity contribution in [2.45, 2.75) is 18.4 Å².